The van der Waals surface area contributed by atoms with Crippen molar-refractivity contribution in [1.82, 2.24) is 4.57 Å². The van der Waals surface area contributed by atoms with Gasteiger partial charge in [0.2, 0.25) is 0 Å². The SMILES string of the molecule is c1ccc2cc(-c3ccc(N(c4ccc(-n5c6ccccc6c6c7ccccc7ccc65)cc4)c4ccc5oc6ccccc6c5c4)cc3)ccc2c1. The summed E-state index contributed by atoms with van der Waals surface area (Å²) in [6.45, 7) is 0. The summed E-state index contributed by atoms with van der Waals surface area (Å²) in [5.74, 6) is 0. The molecule has 0 saturated heterocycles. The van der Waals surface area contributed by atoms with E-state index in [2.05, 4.69) is 191 Å². The number of anilines is 3. The molecule has 11 aromatic rings. The highest BCUT2D eigenvalue weighted by molar-refractivity contribution is 6.21. The summed E-state index contributed by atoms with van der Waals surface area (Å²) in [4.78, 5) is 2.34. The fourth-order valence-corrected chi connectivity index (χ4v) is 8.24. The van der Waals surface area contributed by atoms with E-state index in [4.69, 9.17) is 4.42 Å². The van der Waals surface area contributed by atoms with Crippen molar-refractivity contribution in [2.45, 2.75) is 0 Å². The zero-order valence-electron chi connectivity index (χ0n) is 28.8. The van der Waals surface area contributed by atoms with Crippen molar-refractivity contribution in [3.63, 3.8) is 0 Å². The van der Waals surface area contributed by atoms with Gasteiger partial charge in [0.25, 0.3) is 0 Å². The number of rotatable bonds is 5. The molecule has 0 radical (unpaired) electrons. The van der Waals surface area contributed by atoms with Crippen LogP contribution in [-0.4, -0.2) is 4.57 Å². The number of para-hydroxylation sites is 2. The molecule has 0 aliphatic rings. The van der Waals surface area contributed by atoms with Gasteiger partial charge in [0.15, 0.2) is 0 Å². The predicted molar refractivity (Wildman–Crippen MR) is 223 cm³/mol. The minimum absolute atomic E-state index is 0.885. The van der Waals surface area contributed by atoms with E-state index in [0.717, 1.165) is 44.7 Å². The normalized spacial score (nSPS) is 11.8. The summed E-state index contributed by atoms with van der Waals surface area (Å²) in [5.41, 5.74) is 10.9. The Morgan fingerprint density at radius 2 is 0.962 bits per heavy atom. The van der Waals surface area contributed by atoms with Gasteiger partial charge in [-0.15, -0.1) is 0 Å². The predicted octanol–water partition coefficient (Wildman–Crippen LogP) is 14.1. The van der Waals surface area contributed by atoms with Crippen molar-refractivity contribution in [2.24, 2.45) is 0 Å². The quantitative estimate of drug-likeness (QED) is 0.181. The van der Waals surface area contributed by atoms with Crippen molar-refractivity contribution in [1.29, 1.82) is 0 Å². The molecule has 9 aromatic carbocycles. The lowest BCUT2D eigenvalue weighted by Crippen LogP contribution is -2.10. The lowest BCUT2D eigenvalue weighted by molar-refractivity contribution is 0.669. The van der Waals surface area contributed by atoms with Crippen molar-refractivity contribution >= 4 is 82.4 Å². The van der Waals surface area contributed by atoms with Crippen LogP contribution in [0.1, 0.15) is 0 Å². The first-order chi connectivity index (χ1) is 26.3. The van der Waals surface area contributed by atoms with Crippen LogP contribution in [0.3, 0.4) is 0 Å². The van der Waals surface area contributed by atoms with E-state index in [1.54, 1.807) is 0 Å². The first-order valence-electron chi connectivity index (χ1n) is 18.1. The number of benzene rings is 9. The maximum absolute atomic E-state index is 6.23. The van der Waals surface area contributed by atoms with Gasteiger partial charge in [-0.2, -0.15) is 0 Å². The first kappa shape index (κ1) is 29.6. The molecule has 3 heteroatoms. The Morgan fingerprint density at radius 1 is 0.358 bits per heavy atom. The van der Waals surface area contributed by atoms with Crippen LogP contribution in [0.25, 0.3) is 82.1 Å². The summed E-state index contributed by atoms with van der Waals surface area (Å²) >= 11 is 0. The summed E-state index contributed by atoms with van der Waals surface area (Å²) in [5, 5.41) is 9.79. The first-order valence-corrected chi connectivity index (χ1v) is 18.1. The van der Waals surface area contributed by atoms with Gasteiger partial charge < -0.3 is 13.9 Å². The van der Waals surface area contributed by atoms with E-state index >= 15 is 0 Å². The number of aromatic nitrogens is 1. The monoisotopic (exact) mass is 676 g/mol. The highest BCUT2D eigenvalue weighted by atomic mass is 16.3. The molecule has 0 aliphatic heterocycles. The van der Waals surface area contributed by atoms with Gasteiger partial charge in [0, 0.05) is 44.3 Å². The Bertz CT molecular complexity index is 3170. The van der Waals surface area contributed by atoms with Gasteiger partial charge in [-0.3, -0.25) is 0 Å². The average Bonchev–Trinajstić information content (AvgIpc) is 3.77. The number of hydrogen-bond acceptors (Lipinski definition) is 2. The minimum Gasteiger partial charge on any atom is -0.456 e. The molecule has 0 amide bonds. The second-order valence-electron chi connectivity index (χ2n) is 13.8. The fraction of sp³-hybridized carbons (Fsp3) is 0. The van der Waals surface area contributed by atoms with Crippen LogP contribution < -0.4 is 4.90 Å². The lowest BCUT2D eigenvalue weighted by Gasteiger charge is -2.26. The van der Waals surface area contributed by atoms with E-state index in [1.807, 2.05) is 12.1 Å². The van der Waals surface area contributed by atoms with Gasteiger partial charge in [0.1, 0.15) is 11.2 Å². The molecule has 0 fully saturated rings. The van der Waals surface area contributed by atoms with Gasteiger partial charge in [-0.1, -0.05) is 115 Å². The summed E-state index contributed by atoms with van der Waals surface area (Å²) in [6, 6.07) is 69.8. The number of nitrogens with zero attached hydrogens (tertiary/aromatic N) is 2. The molecule has 0 N–H and O–H groups in total. The smallest absolute Gasteiger partial charge is 0.135 e. The Labute approximate surface area is 306 Å². The van der Waals surface area contributed by atoms with E-state index in [9.17, 15) is 0 Å². The molecule has 0 atom stereocenters. The third kappa shape index (κ3) is 4.75. The molecule has 3 nitrogen and oxygen atoms in total. The highest BCUT2D eigenvalue weighted by Crippen LogP contribution is 2.41. The second kappa shape index (κ2) is 11.7. The summed E-state index contributed by atoms with van der Waals surface area (Å²) in [6.07, 6.45) is 0. The van der Waals surface area contributed by atoms with Crippen molar-refractivity contribution in [3.05, 3.63) is 194 Å². The molecule has 248 valence electrons. The Hall–Kier alpha value is -7.10. The standard InChI is InChI=1S/C50H32N2O/c1-2-11-36-31-37(18-17-33(36)9-1)34-19-22-38(23-20-34)51(41-28-30-49-45(32-41)43-13-6-8-16-48(43)53-49)39-24-26-40(27-25-39)52-46-15-7-5-14-44(46)50-42-12-4-3-10-35(42)21-29-47(50)52/h1-32H. The molecule has 53 heavy (non-hydrogen) atoms. The number of furan rings is 1. The summed E-state index contributed by atoms with van der Waals surface area (Å²) in [7, 11) is 0. The van der Waals surface area contributed by atoms with Crippen LogP contribution in [0, 0.1) is 0 Å². The highest BCUT2D eigenvalue weighted by Gasteiger charge is 2.18. The van der Waals surface area contributed by atoms with E-state index < -0.39 is 0 Å². The lowest BCUT2D eigenvalue weighted by atomic mass is 10.0. The van der Waals surface area contributed by atoms with E-state index in [-0.39, 0.29) is 0 Å². The van der Waals surface area contributed by atoms with Crippen LogP contribution in [0.4, 0.5) is 17.1 Å². The van der Waals surface area contributed by atoms with Crippen molar-refractivity contribution in [3.8, 4) is 16.8 Å². The van der Waals surface area contributed by atoms with Crippen molar-refractivity contribution in [2.75, 3.05) is 4.90 Å². The fourth-order valence-electron chi connectivity index (χ4n) is 8.24. The van der Waals surface area contributed by atoms with Crippen LogP contribution in [0.2, 0.25) is 0 Å². The molecule has 2 heterocycles. The van der Waals surface area contributed by atoms with E-state index in [1.165, 1.54) is 54.5 Å². The topological polar surface area (TPSA) is 21.3 Å². The second-order valence-corrected chi connectivity index (χ2v) is 13.8. The summed E-state index contributed by atoms with van der Waals surface area (Å²) < 4.78 is 8.62. The van der Waals surface area contributed by atoms with Crippen LogP contribution in [0.15, 0.2) is 199 Å². The van der Waals surface area contributed by atoms with Gasteiger partial charge in [-0.25, -0.2) is 0 Å². The maximum atomic E-state index is 6.23. The average molecular weight is 677 g/mol. The minimum atomic E-state index is 0.885. The maximum Gasteiger partial charge on any atom is 0.135 e. The zero-order valence-corrected chi connectivity index (χ0v) is 28.8. The molecule has 2 aromatic heterocycles. The number of fused-ring (bicyclic) bond motifs is 9. The largest absolute Gasteiger partial charge is 0.456 e. The third-order valence-corrected chi connectivity index (χ3v) is 10.8. The molecule has 0 spiro atoms. The van der Waals surface area contributed by atoms with Gasteiger partial charge in [0.05, 0.1) is 11.0 Å². The molecule has 0 unspecified atom stereocenters. The zero-order chi connectivity index (χ0) is 34.9. The van der Waals surface area contributed by atoms with Crippen molar-refractivity contribution < 1.29 is 4.42 Å². The van der Waals surface area contributed by atoms with Crippen LogP contribution in [0.5, 0.6) is 0 Å². The Kier molecular flexibility index (Phi) is 6.55. The van der Waals surface area contributed by atoms with Gasteiger partial charge >= 0.3 is 0 Å². The Balaban J connectivity index is 1.06. The molecule has 0 saturated carbocycles. The van der Waals surface area contributed by atoms with Crippen LogP contribution >= 0.6 is 0 Å². The third-order valence-electron chi connectivity index (χ3n) is 10.8. The Morgan fingerprint density at radius 3 is 1.79 bits per heavy atom. The van der Waals surface area contributed by atoms with Crippen LogP contribution in [-0.2, 0) is 0 Å². The van der Waals surface area contributed by atoms with E-state index in [0.29, 0.717) is 0 Å². The number of hydrogen-bond donors (Lipinski definition) is 0. The molecule has 0 bridgehead atoms. The molecular formula is C50H32N2O. The molecule has 11 rings (SSSR count). The molecular weight excluding hydrogens is 645 g/mol. The molecule has 0 aliphatic carbocycles. The van der Waals surface area contributed by atoms with Gasteiger partial charge in [-0.05, 0) is 112 Å².